The highest BCUT2D eigenvalue weighted by Gasteiger charge is 2.35. The van der Waals surface area contributed by atoms with Crippen molar-refractivity contribution >= 4 is 10.1 Å². The van der Waals surface area contributed by atoms with Crippen molar-refractivity contribution in [1.29, 1.82) is 0 Å². The zero-order valence-electron chi connectivity index (χ0n) is 14.8. The van der Waals surface area contributed by atoms with E-state index in [-0.39, 0.29) is 0 Å². The van der Waals surface area contributed by atoms with Crippen LogP contribution in [0.2, 0.25) is 0 Å². The standard InChI is InChI=1S/C19H25IO3S/c1-14(2)16-6-10-18(11-7-16)20(23-24(5,21)22)19-12-8-17(9-13-19)15(3)4/h6-15H,1-5H3/q+1. The van der Waals surface area contributed by atoms with E-state index in [1.165, 1.54) is 11.1 Å². The van der Waals surface area contributed by atoms with Crippen molar-refractivity contribution in [2.75, 3.05) is 6.26 Å². The van der Waals surface area contributed by atoms with Gasteiger partial charge in [0, 0.05) is 0 Å². The first-order valence-electron chi connectivity index (χ1n) is 7.97. The molecule has 0 bridgehead atoms. The van der Waals surface area contributed by atoms with Crippen LogP contribution in [0, 0.1) is 7.14 Å². The van der Waals surface area contributed by atoms with E-state index in [9.17, 15) is 8.42 Å². The predicted molar refractivity (Wildman–Crippen MR) is 94.4 cm³/mol. The maximum absolute atomic E-state index is 11.8. The molecule has 0 heterocycles. The molecular weight excluding hydrogens is 435 g/mol. The van der Waals surface area contributed by atoms with Crippen molar-refractivity contribution in [1.82, 2.24) is 0 Å². The number of hydrogen-bond acceptors (Lipinski definition) is 3. The van der Waals surface area contributed by atoms with Gasteiger partial charge in [-0.3, -0.25) is 0 Å². The topological polar surface area (TPSA) is 43.4 Å². The highest BCUT2D eigenvalue weighted by atomic mass is 127. The summed E-state index contributed by atoms with van der Waals surface area (Å²) < 4.78 is 31.0. The van der Waals surface area contributed by atoms with Crippen LogP contribution in [-0.2, 0) is 12.6 Å². The second-order valence-electron chi connectivity index (χ2n) is 6.43. The normalized spacial score (nSPS) is 12.3. The fourth-order valence-corrected chi connectivity index (χ4v) is 8.56. The molecule has 3 nitrogen and oxygen atoms in total. The van der Waals surface area contributed by atoms with E-state index in [4.69, 9.17) is 2.51 Å². The van der Waals surface area contributed by atoms with Gasteiger partial charge in [0.15, 0.2) is 7.14 Å². The van der Waals surface area contributed by atoms with E-state index >= 15 is 0 Å². The second kappa shape index (κ2) is 7.97. The SMILES string of the molecule is CC(C)c1ccc([I+](OS(C)(=O)=O)c2ccc(C(C)C)cc2)cc1. The highest BCUT2D eigenvalue weighted by molar-refractivity contribution is 7.85. The first-order valence-corrected chi connectivity index (χ1v) is 12.8. The Hall–Kier alpha value is -0.920. The number of benzene rings is 2. The van der Waals surface area contributed by atoms with Crippen LogP contribution in [0.4, 0.5) is 0 Å². The lowest BCUT2D eigenvalue weighted by Gasteiger charge is -2.08. The maximum atomic E-state index is 11.8. The molecule has 0 fully saturated rings. The van der Waals surface area contributed by atoms with Crippen molar-refractivity contribution in [3.8, 4) is 0 Å². The summed E-state index contributed by atoms with van der Waals surface area (Å²) in [5.41, 5.74) is 2.48. The van der Waals surface area contributed by atoms with Gasteiger partial charge >= 0.3 is 30.4 Å². The number of rotatable bonds is 6. The van der Waals surface area contributed by atoms with Gasteiger partial charge in [0.25, 0.3) is 0 Å². The molecule has 0 saturated heterocycles. The summed E-state index contributed by atoms with van der Waals surface area (Å²) in [6, 6.07) is 16.3. The molecule has 0 amide bonds. The third kappa shape index (κ3) is 5.29. The van der Waals surface area contributed by atoms with Gasteiger partial charge in [-0.15, -0.1) is 0 Å². The number of hydrogen-bond donors (Lipinski definition) is 0. The van der Waals surface area contributed by atoms with Crippen LogP contribution in [0.1, 0.15) is 50.7 Å². The minimum Gasteiger partial charge on any atom is -0.196 e. The largest absolute Gasteiger partial charge is 0.323 e. The summed E-state index contributed by atoms with van der Waals surface area (Å²) in [6.45, 7) is 8.57. The molecule has 2 rings (SSSR count). The maximum Gasteiger partial charge on any atom is 0.323 e. The van der Waals surface area contributed by atoms with Crippen LogP contribution in [0.25, 0.3) is 0 Å². The first-order chi connectivity index (χ1) is 11.2. The fraction of sp³-hybridized carbons (Fsp3) is 0.368. The van der Waals surface area contributed by atoms with E-state index in [2.05, 4.69) is 52.0 Å². The lowest BCUT2D eigenvalue weighted by Crippen LogP contribution is -3.85. The van der Waals surface area contributed by atoms with Gasteiger partial charge in [-0.05, 0) is 49.7 Å². The molecule has 0 aromatic heterocycles. The molecule has 0 atom stereocenters. The molecule has 0 spiro atoms. The third-order valence-electron chi connectivity index (χ3n) is 3.65. The van der Waals surface area contributed by atoms with Gasteiger partial charge in [0.2, 0.25) is 0 Å². The van der Waals surface area contributed by atoms with Gasteiger partial charge in [-0.2, -0.15) is 8.42 Å². The monoisotopic (exact) mass is 460 g/mol. The van der Waals surface area contributed by atoms with Gasteiger partial charge in [0.1, 0.15) is 0 Å². The Morgan fingerprint density at radius 3 is 1.33 bits per heavy atom. The Labute approximate surface area is 153 Å². The van der Waals surface area contributed by atoms with Crippen LogP contribution in [0.15, 0.2) is 48.5 Å². The molecule has 0 saturated carbocycles. The van der Waals surface area contributed by atoms with E-state index < -0.39 is 30.4 Å². The Morgan fingerprint density at radius 2 is 1.08 bits per heavy atom. The summed E-state index contributed by atoms with van der Waals surface area (Å²) in [6.07, 6.45) is 1.13. The molecule has 0 unspecified atom stereocenters. The molecule has 2 aromatic rings. The van der Waals surface area contributed by atoms with Crippen molar-refractivity contribution in [3.63, 3.8) is 0 Å². The summed E-state index contributed by atoms with van der Waals surface area (Å²) >= 11 is -2.48. The Bertz CT molecular complexity index is 712. The van der Waals surface area contributed by atoms with Crippen LogP contribution >= 0.6 is 0 Å². The van der Waals surface area contributed by atoms with Crippen molar-refractivity contribution in [2.24, 2.45) is 0 Å². The van der Waals surface area contributed by atoms with Crippen molar-refractivity contribution in [3.05, 3.63) is 66.8 Å². The summed E-state index contributed by atoms with van der Waals surface area (Å²) in [5, 5.41) is 0. The van der Waals surface area contributed by atoms with Crippen molar-refractivity contribution < 1.29 is 31.2 Å². The first kappa shape index (κ1) is 19.4. The lowest BCUT2D eigenvalue weighted by atomic mass is 10.0. The molecule has 2 aromatic carbocycles. The van der Waals surface area contributed by atoms with Gasteiger partial charge in [-0.25, -0.2) is 0 Å². The molecule has 1 radical (unpaired) electrons. The van der Waals surface area contributed by atoms with E-state index in [1.807, 2.05) is 24.3 Å². The summed E-state index contributed by atoms with van der Waals surface area (Å²) in [4.78, 5) is 0. The molecular formula is C19H25IO3S+. The summed E-state index contributed by atoms with van der Waals surface area (Å²) in [5.74, 6) is 0.893. The Morgan fingerprint density at radius 1 is 0.750 bits per heavy atom. The van der Waals surface area contributed by atoms with E-state index in [0.717, 1.165) is 13.4 Å². The Balaban J connectivity index is 2.40. The van der Waals surface area contributed by atoms with Crippen molar-refractivity contribution in [2.45, 2.75) is 39.5 Å². The average Bonchev–Trinajstić information content (AvgIpc) is 2.52. The van der Waals surface area contributed by atoms with E-state index in [1.54, 1.807) is 0 Å². The molecule has 0 aliphatic carbocycles. The fourth-order valence-electron chi connectivity index (χ4n) is 2.24. The Kier molecular flexibility index (Phi) is 6.45. The molecule has 0 N–H and O–H groups in total. The molecule has 131 valence electrons. The third-order valence-corrected chi connectivity index (χ3v) is 10.7. The van der Waals surface area contributed by atoms with Gasteiger partial charge in [-0.1, -0.05) is 52.0 Å². The minimum absolute atomic E-state index is 0.447. The van der Waals surface area contributed by atoms with Crippen LogP contribution < -0.4 is 20.2 Å². The van der Waals surface area contributed by atoms with Crippen LogP contribution in [0.5, 0.6) is 0 Å². The highest BCUT2D eigenvalue weighted by Crippen LogP contribution is 2.13. The smallest absolute Gasteiger partial charge is 0.196 e. The van der Waals surface area contributed by atoms with Gasteiger partial charge in [0.05, 0.1) is 6.26 Å². The quantitative estimate of drug-likeness (QED) is 0.614. The van der Waals surface area contributed by atoms with Crippen LogP contribution in [0.3, 0.4) is 0 Å². The van der Waals surface area contributed by atoms with E-state index in [0.29, 0.717) is 11.8 Å². The zero-order valence-corrected chi connectivity index (χ0v) is 17.8. The lowest BCUT2D eigenvalue weighted by molar-refractivity contribution is -1.03. The minimum atomic E-state index is -3.50. The van der Waals surface area contributed by atoms with Crippen LogP contribution in [-0.4, -0.2) is 14.7 Å². The summed E-state index contributed by atoms with van der Waals surface area (Å²) in [7, 11) is -3.50. The molecule has 24 heavy (non-hydrogen) atoms. The molecule has 0 aliphatic rings. The molecule has 0 aliphatic heterocycles. The predicted octanol–water partition coefficient (Wildman–Crippen LogP) is 1.49. The average molecular weight is 460 g/mol. The van der Waals surface area contributed by atoms with Gasteiger partial charge < -0.3 is 0 Å². The zero-order chi connectivity index (χ0) is 17.9. The molecule has 5 heteroatoms. The second-order valence-corrected chi connectivity index (χ2v) is 13.0. The number of halogens is 1.